The van der Waals surface area contributed by atoms with Gasteiger partial charge >= 0.3 is 0 Å². The Bertz CT molecular complexity index is 74.1. The van der Waals surface area contributed by atoms with E-state index >= 15 is 0 Å². The molecule has 0 aliphatic carbocycles. The monoisotopic (exact) mass is 148 g/mol. The summed E-state index contributed by atoms with van der Waals surface area (Å²) in [5.41, 5.74) is 3.03. The third kappa shape index (κ3) is 4.69. The fourth-order valence-electron chi connectivity index (χ4n) is 0.520. The van der Waals surface area contributed by atoms with Crippen molar-refractivity contribution in [2.75, 3.05) is 34.9 Å². The van der Waals surface area contributed by atoms with Crippen LogP contribution in [0.5, 0.6) is 0 Å². The van der Waals surface area contributed by atoms with Crippen molar-refractivity contribution in [3.05, 3.63) is 0 Å². The fourth-order valence-corrected chi connectivity index (χ4v) is 0.520. The molecule has 0 aromatic rings. The summed E-state index contributed by atoms with van der Waals surface area (Å²) >= 11 is 0. The van der Waals surface area contributed by atoms with Gasteiger partial charge in [0.2, 0.25) is 0 Å². The van der Waals surface area contributed by atoms with Crippen LogP contribution >= 0.6 is 0 Å². The number of hydrazine groups is 1. The van der Waals surface area contributed by atoms with Gasteiger partial charge in [0.05, 0.1) is 6.54 Å². The van der Waals surface area contributed by atoms with Crippen LogP contribution in [0.1, 0.15) is 0 Å². The quantitative estimate of drug-likeness (QED) is 0.427. The van der Waals surface area contributed by atoms with Gasteiger partial charge in [0.1, 0.15) is 0 Å². The molecular formula is C6H16N2O2. The summed E-state index contributed by atoms with van der Waals surface area (Å²) in [6, 6.07) is 0. The summed E-state index contributed by atoms with van der Waals surface area (Å²) in [6.45, 7) is 0.667. The second-order valence-electron chi connectivity index (χ2n) is 2.16. The molecule has 0 fully saturated rings. The average molecular weight is 148 g/mol. The molecule has 4 heteroatoms. The first-order valence-corrected chi connectivity index (χ1v) is 3.17. The molecule has 0 aromatic heterocycles. The first-order valence-electron chi connectivity index (χ1n) is 3.17. The van der Waals surface area contributed by atoms with Crippen LogP contribution in [0, 0.1) is 0 Å². The summed E-state index contributed by atoms with van der Waals surface area (Å²) in [6.07, 6.45) is -0.164. The molecule has 1 N–H and O–H groups in total. The number of hydrogen-bond donors (Lipinski definition) is 1. The van der Waals surface area contributed by atoms with Gasteiger partial charge in [-0.05, 0) is 0 Å². The molecule has 0 saturated carbocycles. The van der Waals surface area contributed by atoms with Crippen LogP contribution in [0.15, 0.2) is 0 Å². The lowest BCUT2D eigenvalue weighted by Crippen LogP contribution is -2.38. The van der Waals surface area contributed by atoms with Gasteiger partial charge in [0.25, 0.3) is 0 Å². The van der Waals surface area contributed by atoms with Gasteiger partial charge in [-0.1, -0.05) is 0 Å². The van der Waals surface area contributed by atoms with Crippen molar-refractivity contribution >= 4 is 0 Å². The summed E-state index contributed by atoms with van der Waals surface area (Å²) in [5.74, 6) is 0. The third-order valence-electron chi connectivity index (χ3n) is 1.10. The van der Waals surface area contributed by atoms with Gasteiger partial charge in [0.15, 0.2) is 6.29 Å². The van der Waals surface area contributed by atoms with Gasteiger partial charge in [-0.2, -0.15) is 0 Å². The van der Waals surface area contributed by atoms with E-state index in [0.29, 0.717) is 6.54 Å². The first kappa shape index (κ1) is 9.84. The van der Waals surface area contributed by atoms with Crippen molar-refractivity contribution in [1.29, 1.82) is 0 Å². The summed E-state index contributed by atoms with van der Waals surface area (Å²) < 4.78 is 9.88. The Morgan fingerprint density at radius 1 is 1.30 bits per heavy atom. The number of rotatable bonds is 5. The zero-order valence-corrected chi connectivity index (χ0v) is 7.05. The molecule has 62 valence electrons. The molecule has 0 spiro atoms. The Kier molecular flexibility index (Phi) is 5.52. The van der Waals surface area contributed by atoms with Crippen molar-refractivity contribution in [1.82, 2.24) is 10.4 Å². The molecular weight excluding hydrogens is 132 g/mol. The average Bonchev–Trinajstić information content (AvgIpc) is 1.90. The number of nitrogens with zero attached hydrogens (tertiary/aromatic N) is 1. The minimum atomic E-state index is -0.164. The van der Waals surface area contributed by atoms with E-state index in [2.05, 4.69) is 5.43 Å². The van der Waals surface area contributed by atoms with E-state index in [-0.39, 0.29) is 6.29 Å². The Morgan fingerprint density at radius 3 is 2.10 bits per heavy atom. The van der Waals surface area contributed by atoms with E-state index in [1.807, 2.05) is 19.1 Å². The number of hydrogen-bond acceptors (Lipinski definition) is 4. The summed E-state index contributed by atoms with van der Waals surface area (Å²) in [5, 5.41) is 1.85. The lowest BCUT2D eigenvalue weighted by atomic mass is 10.6. The Hall–Kier alpha value is -0.160. The minimum Gasteiger partial charge on any atom is -0.354 e. The van der Waals surface area contributed by atoms with Crippen molar-refractivity contribution in [2.45, 2.75) is 6.29 Å². The van der Waals surface area contributed by atoms with E-state index in [0.717, 1.165) is 0 Å². The normalized spacial score (nSPS) is 11.4. The van der Waals surface area contributed by atoms with Gasteiger partial charge in [0, 0.05) is 28.3 Å². The minimum absolute atomic E-state index is 0.164. The van der Waals surface area contributed by atoms with Crippen LogP contribution in [0.3, 0.4) is 0 Å². The molecule has 0 amide bonds. The molecule has 10 heavy (non-hydrogen) atoms. The van der Waals surface area contributed by atoms with Crippen molar-refractivity contribution in [3.8, 4) is 0 Å². The Labute approximate surface area is 62.1 Å². The number of nitrogens with one attached hydrogen (secondary N) is 1. The van der Waals surface area contributed by atoms with Crippen LogP contribution in [-0.4, -0.2) is 46.2 Å². The van der Waals surface area contributed by atoms with Gasteiger partial charge in [-0.25, -0.2) is 0 Å². The van der Waals surface area contributed by atoms with E-state index in [4.69, 9.17) is 9.47 Å². The van der Waals surface area contributed by atoms with E-state index in [1.54, 1.807) is 14.2 Å². The smallest absolute Gasteiger partial charge is 0.170 e. The second kappa shape index (κ2) is 5.61. The van der Waals surface area contributed by atoms with Gasteiger partial charge in [-0.3, -0.25) is 10.4 Å². The number of methoxy groups -OCH3 is 2. The SMILES string of the molecule is COC(CNN(C)C)OC. The maximum absolute atomic E-state index is 4.94. The standard InChI is InChI=1S/C6H16N2O2/c1-8(2)7-5-6(9-3)10-4/h6-7H,5H2,1-4H3. The highest BCUT2D eigenvalue weighted by Gasteiger charge is 2.02. The molecule has 0 aliphatic rings. The highest BCUT2D eigenvalue weighted by Crippen LogP contribution is 1.86. The predicted octanol–water partition coefficient (Wildman–Crippen LogP) is -0.328. The van der Waals surface area contributed by atoms with Crippen LogP contribution < -0.4 is 5.43 Å². The highest BCUT2D eigenvalue weighted by atomic mass is 16.7. The zero-order valence-electron chi connectivity index (χ0n) is 7.05. The maximum Gasteiger partial charge on any atom is 0.170 e. The van der Waals surface area contributed by atoms with Crippen molar-refractivity contribution < 1.29 is 9.47 Å². The molecule has 0 rings (SSSR count). The van der Waals surface area contributed by atoms with E-state index in [9.17, 15) is 0 Å². The first-order chi connectivity index (χ1) is 4.70. The lowest BCUT2D eigenvalue weighted by Gasteiger charge is -2.17. The fraction of sp³-hybridized carbons (Fsp3) is 1.00. The van der Waals surface area contributed by atoms with E-state index < -0.39 is 0 Å². The maximum atomic E-state index is 4.94. The molecule has 0 bridgehead atoms. The summed E-state index contributed by atoms with van der Waals surface area (Å²) in [7, 11) is 7.07. The lowest BCUT2D eigenvalue weighted by molar-refractivity contribution is -0.105. The molecule has 0 radical (unpaired) electrons. The summed E-state index contributed by atoms with van der Waals surface area (Å²) in [4.78, 5) is 0. The van der Waals surface area contributed by atoms with Crippen LogP contribution in [0.4, 0.5) is 0 Å². The number of ether oxygens (including phenoxy) is 2. The van der Waals surface area contributed by atoms with Crippen LogP contribution in [0.25, 0.3) is 0 Å². The van der Waals surface area contributed by atoms with Crippen LogP contribution in [0.2, 0.25) is 0 Å². The highest BCUT2D eigenvalue weighted by molar-refractivity contribution is 4.43. The zero-order chi connectivity index (χ0) is 7.98. The van der Waals surface area contributed by atoms with Gasteiger partial charge in [-0.15, -0.1) is 0 Å². The topological polar surface area (TPSA) is 33.7 Å². The van der Waals surface area contributed by atoms with E-state index in [1.165, 1.54) is 0 Å². The molecule has 0 saturated heterocycles. The van der Waals surface area contributed by atoms with Gasteiger partial charge < -0.3 is 9.47 Å². The molecule has 0 heterocycles. The van der Waals surface area contributed by atoms with Crippen molar-refractivity contribution in [3.63, 3.8) is 0 Å². The predicted molar refractivity (Wildman–Crippen MR) is 39.5 cm³/mol. The second-order valence-corrected chi connectivity index (χ2v) is 2.16. The molecule has 4 nitrogen and oxygen atoms in total. The molecule has 0 aliphatic heterocycles. The van der Waals surface area contributed by atoms with Crippen LogP contribution in [-0.2, 0) is 9.47 Å². The van der Waals surface area contributed by atoms with Crippen molar-refractivity contribution in [2.24, 2.45) is 0 Å². The molecule has 0 unspecified atom stereocenters. The molecule has 0 atom stereocenters. The largest absolute Gasteiger partial charge is 0.354 e. The Balaban J connectivity index is 3.26. The molecule has 0 aromatic carbocycles. The third-order valence-corrected chi connectivity index (χ3v) is 1.10. The Morgan fingerprint density at radius 2 is 1.80 bits per heavy atom.